The number of carbonyl (C=O) groups excluding carboxylic acids is 2. The first kappa shape index (κ1) is 19.2. The number of rotatable bonds is 5. The molecule has 0 bridgehead atoms. The van der Waals surface area contributed by atoms with E-state index in [1.807, 2.05) is 0 Å². The summed E-state index contributed by atoms with van der Waals surface area (Å²) in [5.41, 5.74) is 4.97. The van der Waals surface area contributed by atoms with Crippen LogP contribution < -0.4 is 11.1 Å². The third kappa shape index (κ3) is 4.81. The van der Waals surface area contributed by atoms with Gasteiger partial charge in [0.25, 0.3) is 0 Å². The molecule has 2 atom stereocenters. The number of esters is 1. The van der Waals surface area contributed by atoms with Gasteiger partial charge in [0.05, 0.1) is 25.2 Å². The molecule has 7 nitrogen and oxygen atoms in total. The molecule has 0 radical (unpaired) electrons. The van der Waals surface area contributed by atoms with Crippen molar-refractivity contribution in [2.45, 2.75) is 49.9 Å². The number of nitrogens with two attached hydrogens (primary N) is 1. The zero-order valence-corrected chi connectivity index (χ0v) is 13.7. The zero-order chi connectivity index (χ0) is 15.3. The van der Waals surface area contributed by atoms with Crippen LogP contribution in [0, 0.1) is 0 Å². The second kappa shape index (κ2) is 8.67. The molecule has 128 valence electrons. The monoisotopic (exact) mass is 336 g/mol. The zero-order valence-electron chi connectivity index (χ0n) is 12.8. The molecular weight excluding hydrogens is 312 g/mol. The summed E-state index contributed by atoms with van der Waals surface area (Å²) in [7, 11) is 1.35. The van der Waals surface area contributed by atoms with Crippen LogP contribution in [0.4, 0.5) is 0 Å². The Kier molecular flexibility index (Phi) is 7.55. The molecule has 2 aliphatic rings. The van der Waals surface area contributed by atoms with Crippen molar-refractivity contribution >= 4 is 24.3 Å². The van der Waals surface area contributed by atoms with Gasteiger partial charge < -0.3 is 25.3 Å². The lowest BCUT2D eigenvalue weighted by atomic mass is 9.86. The second-order valence-electron chi connectivity index (χ2n) is 5.69. The number of methoxy groups -OCH3 is 1. The number of carbonyl (C=O) groups is 2. The fourth-order valence-corrected chi connectivity index (χ4v) is 2.87. The Balaban J connectivity index is 0.00000242. The molecule has 0 saturated carbocycles. The van der Waals surface area contributed by atoms with Crippen LogP contribution in [0.5, 0.6) is 0 Å². The standard InChI is InChI=1S/C14H24N2O5.ClH/c1-19-12(17)8-14(4-6-20-7-5-14)16-13(18)11-3-2-10(9-15)21-11;/h10-11H,2-9,15H2,1H3,(H,16,18);1H/t10-,11+;/m1./s1. The molecule has 2 heterocycles. The lowest BCUT2D eigenvalue weighted by Gasteiger charge is -2.37. The van der Waals surface area contributed by atoms with Crippen molar-refractivity contribution in [3.8, 4) is 0 Å². The summed E-state index contributed by atoms with van der Waals surface area (Å²) in [5.74, 6) is -0.499. The Morgan fingerprint density at radius 3 is 2.55 bits per heavy atom. The topological polar surface area (TPSA) is 99.9 Å². The van der Waals surface area contributed by atoms with Crippen LogP contribution in [0.15, 0.2) is 0 Å². The number of amides is 1. The van der Waals surface area contributed by atoms with E-state index in [9.17, 15) is 9.59 Å². The fraction of sp³-hybridized carbons (Fsp3) is 0.857. The smallest absolute Gasteiger partial charge is 0.307 e. The SMILES string of the molecule is COC(=O)CC1(NC(=O)[C@@H]2CC[C@H](CN)O2)CCOCC1.Cl. The van der Waals surface area contributed by atoms with E-state index in [1.165, 1.54) is 7.11 Å². The van der Waals surface area contributed by atoms with Gasteiger partial charge in [0.15, 0.2) is 0 Å². The lowest BCUT2D eigenvalue weighted by molar-refractivity contribution is -0.145. The lowest BCUT2D eigenvalue weighted by Crippen LogP contribution is -2.55. The van der Waals surface area contributed by atoms with E-state index in [2.05, 4.69) is 5.32 Å². The van der Waals surface area contributed by atoms with Crippen molar-refractivity contribution < 1.29 is 23.8 Å². The Hall–Kier alpha value is -0.890. The van der Waals surface area contributed by atoms with Crippen LogP contribution in [-0.2, 0) is 23.8 Å². The van der Waals surface area contributed by atoms with Gasteiger partial charge in [-0.1, -0.05) is 0 Å². The molecule has 2 saturated heterocycles. The largest absolute Gasteiger partial charge is 0.469 e. The molecule has 1 amide bonds. The van der Waals surface area contributed by atoms with Gasteiger partial charge in [0, 0.05) is 19.8 Å². The molecule has 0 aromatic heterocycles. The van der Waals surface area contributed by atoms with Crippen molar-refractivity contribution in [3.05, 3.63) is 0 Å². The molecule has 2 rings (SSSR count). The van der Waals surface area contributed by atoms with Gasteiger partial charge in [0.2, 0.25) is 5.91 Å². The first-order chi connectivity index (χ1) is 10.1. The molecule has 0 aromatic rings. The summed E-state index contributed by atoms with van der Waals surface area (Å²) in [5, 5.41) is 3.00. The Morgan fingerprint density at radius 2 is 2.00 bits per heavy atom. The van der Waals surface area contributed by atoms with Crippen LogP contribution >= 0.6 is 12.4 Å². The summed E-state index contributed by atoms with van der Waals surface area (Å²) in [6, 6.07) is 0. The third-order valence-electron chi connectivity index (χ3n) is 4.21. The van der Waals surface area contributed by atoms with Gasteiger partial charge in [-0.3, -0.25) is 9.59 Å². The van der Waals surface area contributed by atoms with E-state index in [1.54, 1.807) is 0 Å². The van der Waals surface area contributed by atoms with Gasteiger partial charge in [-0.2, -0.15) is 0 Å². The summed E-state index contributed by atoms with van der Waals surface area (Å²) < 4.78 is 15.7. The minimum Gasteiger partial charge on any atom is -0.469 e. The minimum absolute atomic E-state index is 0. The highest BCUT2D eigenvalue weighted by molar-refractivity contribution is 5.85. The summed E-state index contributed by atoms with van der Waals surface area (Å²) in [6.07, 6.45) is 2.29. The molecule has 0 aromatic carbocycles. The Morgan fingerprint density at radius 1 is 1.32 bits per heavy atom. The summed E-state index contributed by atoms with van der Waals surface area (Å²) in [6.45, 7) is 1.47. The molecule has 22 heavy (non-hydrogen) atoms. The predicted octanol–water partition coefficient (Wildman–Crippen LogP) is 0.143. The highest BCUT2D eigenvalue weighted by atomic mass is 35.5. The number of halogens is 1. The van der Waals surface area contributed by atoms with E-state index in [0.717, 1.165) is 6.42 Å². The molecule has 0 aliphatic carbocycles. The Labute approximate surface area is 136 Å². The maximum absolute atomic E-state index is 12.4. The molecule has 8 heteroatoms. The molecular formula is C14H25ClN2O5. The minimum atomic E-state index is -0.591. The van der Waals surface area contributed by atoms with Crippen molar-refractivity contribution in [2.24, 2.45) is 5.73 Å². The van der Waals surface area contributed by atoms with E-state index in [-0.39, 0.29) is 36.8 Å². The van der Waals surface area contributed by atoms with Crippen LogP contribution in [0.2, 0.25) is 0 Å². The number of hydrogen-bond acceptors (Lipinski definition) is 6. The van der Waals surface area contributed by atoms with Crippen LogP contribution in [0.1, 0.15) is 32.1 Å². The van der Waals surface area contributed by atoms with Crippen LogP contribution in [0.3, 0.4) is 0 Å². The third-order valence-corrected chi connectivity index (χ3v) is 4.21. The van der Waals surface area contributed by atoms with Gasteiger partial charge in [-0.25, -0.2) is 0 Å². The van der Waals surface area contributed by atoms with Gasteiger partial charge >= 0.3 is 5.97 Å². The van der Waals surface area contributed by atoms with E-state index in [4.69, 9.17) is 19.9 Å². The molecule has 0 spiro atoms. The maximum atomic E-state index is 12.4. The maximum Gasteiger partial charge on any atom is 0.307 e. The number of nitrogens with one attached hydrogen (secondary N) is 1. The average molecular weight is 337 g/mol. The van der Waals surface area contributed by atoms with E-state index >= 15 is 0 Å². The Bertz CT molecular complexity index is 387. The molecule has 0 unspecified atom stereocenters. The summed E-state index contributed by atoms with van der Waals surface area (Å²) >= 11 is 0. The number of ether oxygens (including phenoxy) is 3. The molecule has 3 N–H and O–H groups in total. The number of hydrogen-bond donors (Lipinski definition) is 2. The van der Waals surface area contributed by atoms with E-state index in [0.29, 0.717) is 39.0 Å². The normalized spacial score (nSPS) is 26.8. The predicted molar refractivity (Wildman–Crippen MR) is 81.8 cm³/mol. The first-order valence-corrected chi connectivity index (χ1v) is 7.41. The van der Waals surface area contributed by atoms with Crippen molar-refractivity contribution in [3.63, 3.8) is 0 Å². The second-order valence-corrected chi connectivity index (χ2v) is 5.69. The molecule has 2 aliphatic heterocycles. The van der Waals surface area contributed by atoms with Crippen LogP contribution in [-0.4, -0.2) is 56.5 Å². The van der Waals surface area contributed by atoms with Gasteiger partial charge in [-0.05, 0) is 25.7 Å². The average Bonchev–Trinajstić information content (AvgIpc) is 2.97. The van der Waals surface area contributed by atoms with Crippen LogP contribution in [0.25, 0.3) is 0 Å². The highest BCUT2D eigenvalue weighted by Crippen LogP contribution is 2.27. The van der Waals surface area contributed by atoms with Crippen molar-refractivity contribution in [2.75, 3.05) is 26.9 Å². The summed E-state index contributed by atoms with van der Waals surface area (Å²) in [4.78, 5) is 24.0. The molecule has 2 fully saturated rings. The quantitative estimate of drug-likeness (QED) is 0.693. The van der Waals surface area contributed by atoms with Crippen molar-refractivity contribution in [1.29, 1.82) is 0 Å². The first-order valence-electron chi connectivity index (χ1n) is 7.41. The van der Waals surface area contributed by atoms with Crippen molar-refractivity contribution in [1.82, 2.24) is 5.32 Å². The fourth-order valence-electron chi connectivity index (χ4n) is 2.87. The van der Waals surface area contributed by atoms with Gasteiger partial charge in [-0.15, -0.1) is 12.4 Å². The highest BCUT2D eigenvalue weighted by Gasteiger charge is 2.40. The van der Waals surface area contributed by atoms with E-state index < -0.39 is 11.6 Å². The van der Waals surface area contributed by atoms with Gasteiger partial charge in [0.1, 0.15) is 6.10 Å².